The van der Waals surface area contributed by atoms with Crippen molar-refractivity contribution < 1.29 is 0 Å². The van der Waals surface area contributed by atoms with Crippen molar-refractivity contribution >= 4 is 17.4 Å². The molecule has 7 heteroatoms. The van der Waals surface area contributed by atoms with E-state index in [0.717, 1.165) is 0 Å². The van der Waals surface area contributed by atoms with Crippen molar-refractivity contribution in [2.75, 3.05) is 13.1 Å². The molecule has 0 aliphatic carbocycles. The Morgan fingerprint density at radius 3 is 2.31 bits per heavy atom. The number of hydrogen-bond donors (Lipinski definition) is 0. The normalized spacial score (nSPS) is 10.8. The van der Waals surface area contributed by atoms with Crippen LogP contribution in [0.25, 0.3) is 10.4 Å². The van der Waals surface area contributed by atoms with E-state index in [2.05, 4.69) is 36.9 Å². The lowest BCUT2D eigenvalue weighted by atomic mass is 10.5. The summed E-state index contributed by atoms with van der Waals surface area (Å²) in [7, 11) is 1.07. The zero-order valence-electron chi connectivity index (χ0n) is 7.24. The average Bonchev–Trinajstić information content (AvgIpc) is 2.14. The third-order valence-corrected chi connectivity index (χ3v) is 3.05. The highest BCUT2D eigenvalue weighted by molar-refractivity contribution is 7.47. The van der Waals surface area contributed by atoms with E-state index in [4.69, 9.17) is 5.53 Å². The van der Waals surface area contributed by atoms with Crippen LogP contribution in [0, 0.1) is 0 Å². The van der Waals surface area contributed by atoms with Crippen LogP contribution in [-0.2, 0) is 0 Å². The smallest absolute Gasteiger partial charge is 0.102 e. The second kappa shape index (κ2) is 7.90. The number of azide groups is 1. The van der Waals surface area contributed by atoms with Crippen LogP contribution in [0.4, 0.5) is 0 Å². The molecule has 0 saturated heterocycles. The average molecular weight is 216 g/mol. The monoisotopic (exact) mass is 216 g/mol. The highest BCUT2D eigenvalue weighted by Crippen LogP contribution is 2.34. The quantitative estimate of drug-likeness (QED) is 0.221. The summed E-state index contributed by atoms with van der Waals surface area (Å²) in [4.78, 5) is 6.30. The molecule has 0 amide bonds. The van der Waals surface area contributed by atoms with Crippen LogP contribution in [-0.4, -0.2) is 17.8 Å². The molecule has 0 saturated carbocycles. The van der Waals surface area contributed by atoms with Gasteiger partial charge in [-0.2, -0.15) is 0 Å². The van der Waals surface area contributed by atoms with E-state index in [1.54, 1.807) is 12.2 Å². The lowest BCUT2D eigenvalue weighted by Gasteiger charge is -2.04. The summed E-state index contributed by atoms with van der Waals surface area (Å²) in [6.45, 7) is 8.49. The van der Waals surface area contributed by atoms with Gasteiger partial charge in [-0.25, -0.2) is 0 Å². The Morgan fingerprint density at radius 1 is 1.46 bits per heavy atom. The summed E-state index contributed by atoms with van der Waals surface area (Å²) < 4.78 is 5.80. The summed E-state index contributed by atoms with van der Waals surface area (Å²) in [5.41, 5.74) is 8.28. The Morgan fingerprint density at radius 2 is 2.00 bits per heavy atom. The van der Waals surface area contributed by atoms with Crippen LogP contribution in [0.5, 0.6) is 0 Å². The van der Waals surface area contributed by atoms with Crippen LogP contribution in [0.3, 0.4) is 0 Å². The second-order valence-electron chi connectivity index (χ2n) is 2.01. The van der Waals surface area contributed by atoms with E-state index in [1.165, 1.54) is 0 Å². The maximum atomic E-state index is 8.28. The fourth-order valence-corrected chi connectivity index (χ4v) is 2.18. The van der Waals surface area contributed by atoms with E-state index < -0.39 is 8.01 Å². The van der Waals surface area contributed by atoms with Crippen molar-refractivity contribution in [3.8, 4) is 0 Å². The molecule has 2 atom stereocenters. The summed E-state index contributed by atoms with van der Waals surface area (Å²) >= 11 is 0. The highest BCUT2D eigenvalue weighted by Gasteiger charge is 2.20. The number of nitrogens with zero attached hydrogens (tertiary/aromatic N) is 5. The van der Waals surface area contributed by atoms with Crippen LogP contribution in [0.1, 0.15) is 0 Å². The van der Waals surface area contributed by atoms with E-state index in [9.17, 15) is 0 Å². The molecule has 0 aliphatic rings. The van der Waals surface area contributed by atoms with Gasteiger partial charge in [0.15, 0.2) is 4.88 Å². The van der Waals surface area contributed by atoms with Crippen molar-refractivity contribution in [3.05, 3.63) is 35.8 Å². The molecule has 0 aromatic carbocycles. The second-order valence-corrected chi connectivity index (χ2v) is 4.22. The molecule has 0 bridgehead atoms. The van der Waals surface area contributed by atoms with Gasteiger partial charge in [-0.1, -0.05) is 21.3 Å². The van der Waals surface area contributed by atoms with Gasteiger partial charge < -0.3 is 0 Å². The predicted molar refractivity (Wildman–Crippen MR) is 60.2 cm³/mol. The molecule has 2 unspecified atom stereocenters. The maximum absolute atomic E-state index is 8.28. The van der Waals surface area contributed by atoms with E-state index in [0.29, 0.717) is 13.1 Å². The van der Waals surface area contributed by atoms with Crippen LogP contribution >= 0.6 is 17.4 Å². The third kappa shape index (κ3) is 4.76. The number of rotatable bonds is 6. The maximum Gasteiger partial charge on any atom is 0.427 e. The summed E-state index contributed by atoms with van der Waals surface area (Å²) in [5.74, 6) is 0. The van der Waals surface area contributed by atoms with Gasteiger partial charge in [-0.3, -0.25) is 0 Å². The summed E-state index contributed by atoms with van der Waals surface area (Å²) in [5, 5.41) is 0. The van der Waals surface area contributed by atoms with Crippen molar-refractivity contribution in [1.82, 2.24) is 4.67 Å². The van der Waals surface area contributed by atoms with Gasteiger partial charge in [0.25, 0.3) is 0 Å². The SMILES string of the molecule is C=CCN(CC=C)[P+](N=[N+]=[N-])=NP. The minimum absolute atomic E-state index is 0.634. The Bertz CT molecular complexity index is 246. The topological polar surface area (TPSA) is 64.4 Å². The van der Waals surface area contributed by atoms with E-state index in [1.807, 2.05) is 4.67 Å². The molecule has 0 fully saturated rings. The molecular formula is C6H12N5P2+. The molecule has 5 nitrogen and oxygen atoms in total. The van der Waals surface area contributed by atoms with Gasteiger partial charge in [0, 0.05) is 19.8 Å². The van der Waals surface area contributed by atoms with Gasteiger partial charge in [0.1, 0.15) is 0 Å². The molecule has 0 aromatic heterocycles. The minimum atomic E-state index is -1.15. The Labute approximate surface area is 81.0 Å². The van der Waals surface area contributed by atoms with E-state index in [-0.39, 0.29) is 0 Å². The van der Waals surface area contributed by atoms with Gasteiger partial charge >= 0.3 is 8.01 Å². The fourth-order valence-electron chi connectivity index (χ4n) is 0.707. The standard InChI is InChI=1S/C6H12N5P2/c1-3-5-11(6-4-2)13(10-12)9-8-7/h3-4H,1-2,5-6,12H2/q+1. The predicted octanol–water partition coefficient (Wildman–Crippen LogP) is 3.26. The van der Waals surface area contributed by atoms with Crippen molar-refractivity contribution in [3.63, 3.8) is 0 Å². The Balaban J connectivity index is 4.56. The fraction of sp³-hybridized carbons (Fsp3) is 0.333. The van der Waals surface area contributed by atoms with Gasteiger partial charge in [-0.15, -0.1) is 13.2 Å². The molecule has 0 aliphatic heterocycles. The Kier molecular flexibility index (Phi) is 7.47. The molecule has 0 heterocycles. The lowest BCUT2D eigenvalue weighted by molar-refractivity contribution is 0.564. The first-order chi connectivity index (χ1) is 6.29. The van der Waals surface area contributed by atoms with Crippen molar-refractivity contribution in [1.29, 1.82) is 0 Å². The first-order valence-electron chi connectivity index (χ1n) is 3.52. The van der Waals surface area contributed by atoms with Gasteiger partial charge in [-0.05, 0) is 0 Å². The van der Waals surface area contributed by atoms with Crippen molar-refractivity contribution in [2.45, 2.75) is 0 Å². The third-order valence-electron chi connectivity index (χ3n) is 1.16. The first kappa shape index (κ1) is 12.3. The van der Waals surface area contributed by atoms with E-state index >= 15 is 0 Å². The highest BCUT2D eigenvalue weighted by atomic mass is 31.1. The van der Waals surface area contributed by atoms with Crippen LogP contribution in [0.2, 0.25) is 0 Å². The summed E-state index contributed by atoms with van der Waals surface area (Å²) in [6.07, 6.45) is 3.48. The summed E-state index contributed by atoms with van der Waals surface area (Å²) in [6, 6.07) is 0. The van der Waals surface area contributed by atoms with Gasteiger partial charge in [0.05, 0.1) is 13.1 Å². The minimum Gasteiger partial charge on any atom is -0.102 e. The zero-order chi connectivity index (χ0) is 10.1. The molecule has 0 spiro atoms. The lowest BCUT2D eigenvalue weighted by Crippen LogP contribution is -2.14. The van der Waals surface area contributed by atoms with Crippen molar-refractivity contribution in [2.24, 2.45) is 9.40 Å². The molecule has 0 N–H and O–H groups in total. The van der Waals surface area contributed by atoms with Gasteiger partial charge in [0.2, 0.25) is 0 Å². The molecule has 0 rings (SSSR count). The Hall–Kier alpha value is -0.720. The first-order valence-corrected chi connectivity index (χ1v) is 5.24. The molecular weight excluding hydrogens is 204 g/mol. The molecule has 0 aromatic rings. The molecule has 0 radical (unpaired) electrons. The zero-order valence-corrected chi connectivity index (χ0v) is 9.29. The molecule has 13 heavy (non-hydrogen) atoms. The van der Waals surface area contributed by atoms with Crippen LogP contribution in [0.15, 0.2) is 34.7 Å². The molecule has 70 valence electrons. The largest absolute Gasteiger partial charge is 0.427 e. The number of hydrogen-bond acceptors (Lipinski definition) is 1. The van der Waals surface area contributed by atoms with Crippen LogP contribution < -0.4 is 0 Å².